The fraction of sp³-hybridized carbons (Fsp3) is 0.300. The van der Waals surface area contributed by atoms with Crippen molar-refractivity contribution in [3.8, 4) is 5.75 Å². The van der Waals surface area contributed by atoms with Gasteiger partial charge in [0.05, 0.1) is 18.0 Å². The van der Waals surface area contributed by atoms with Gasteiger partial charge in [0.15, 0.2) is 5.75 Å². The first-order valence-electron chi connectivity index (χ1n) is 12.7. The number of amides is 1. The maximum absolute atomic E-state index is 13.8. The second-order valence-corrected chi connectivity index (χ2v) is 10.1. The van der Waals surface area contributed by atoms with Crippen molar-refractivity contribution in [3.63, 3.8) is 0 Å². The topological polar surface area (TPSA) is 93.5 Å². The standard InChI is InChI=1S/C30H29N3O4/c1-18-31-27-25(33(18)2)16-22(29(36)32-24(17-26(34)35)20-9-4-3-5-10-20)21-13-15-30(37-28(21)27)14-12-19-8-6-7-11-23(19)30/h3-11,16,24H,12-15,17H2,1-2H3,(H,32,36)(H,34,35)/t24-,30?/m0/s1. The second-order valence-electron chi connectivity index (χ2n) is 10.1. The number of aryl methyl sites for hydroxylation is 3. The second kappa shape index (κ2) is 8.76. The van der Waals surface area contributed by atoms with E-state index >= 15 is 0 Å². The van der Waals surface area contributed by atoms with Gasteiger partial charge in [0.25, 0.3) is 5.91 Å². The summed E-state index contributed by atoms with van der Waals surface area (Å²) in [5.41, 5.74) is 5.79. The lowest BCUT2D eigenvalue weighted by molar-refractivity contribution is -0.137. The Kier molecular flexibility index (Phi) is 5.51. The smallest absolute Gasteiger partial charge is 0.305 e. The van der Waals surface area contributed by atoms with Crippen molar-refractivity contribution in [2.24, 2.45) is 7.05 Å². The molecule has 0 saturated carbocycles. The molecule has 37 heavy (non-hydrogen) atoms. The highest BCUT2D eigenvalue weighted by atomic mass is 16.5. The Balaban J connectivity index is 1.44. The molecule has 0 bridgehead atoms. The number of imidazole rings is 1. The van der Waals surface area contributed by atoms with Crippen LogP contribution in [0.5, 0.6) is 5.75 Å². The minimum atomic E-state index is -0.973. The summed E-state index contributed by atoms with van der Waals surface area (Å²) < 4.78 is 8.85. The number of hydrogen-bond acceptors (Lipinski definition) is 4. The molecule has 0 radical (unpaired) electrons. The summed E-state index contributed by atoms with van der Waals surface area (Å²) >= 11 is 0. The molecule has 2 heterocycles. The molecular weight excluding hydrogens is 466 g/mol. The van der Waals surface area contributed by atoms with Gasteiger partial charge in [0, 0.05) is 18.2 Å². The lowest BCUT2D eigenvalue weighted by atomic mass is 9.84. The number of carbonyl (C=O) groups is 2. The summed E-state index contributed by atoms with van der Waals surface area (Å²) in [7, 11) is 1.93. The fourth-order valence-electron chi connectivity index (χ4n) is 5.95. The third-order valence-corrected chi connectivity index (χ3v) is 7.97. The highest BCUT2D eigenvalue weighted by molar-refractivity contribution is 6.02. The number of carbonyl (C=O) groups excluding carboxylic acids is 1. The Hall–Kier alpha value is -4.13. The van der Waals surface area contributed by atoms with Gasteiger partial charge in [-0.25, -0.2) is 4.98 Å². The number of carboxylic acids is 1. The van der Waals surface area contributed by atoms with Gasteiger partial charge in [-0.05, 0) is 55.4 Å². The van der Waals surface area contributed by atoms with Crippen LogP contribution in [0.15, 0.2) is 60.7 Å². The Bertz CT molecular complexity index is 1540. The molecule has 2 N–H and O–H groups in total. The van der Waals surface area contributed by atoms with Crippen LogP contribution in [-0.2, 0) is 30.3 Å². The number of aliphatic carboxylic acids is 1. The maximum Gasteiger partial charge on any atom is 0.305 e. The molecule has 1 spiro atoms. The van der Waals surface area contributed by atoms with Crippen LogP contribution < -0.4 is 10.1 Å². The van der Waals surface area contributed by atoms with Crippen molar-refractivity contribution >= 4 is 22.9 Å². The van der Waals surface area contributed by atoms with Gasteiger partial charge in [0.2, 0.25) is 0 Å². The zero-order valence-corrected chi connectivity index (χ0v) is 21.0. The summed E-state index contributed by atoms with van der Waals surface area (Å²) in [6.45, 7) is 1.94. The van der Waals surface area contributed by atoms with E-state index in [2.05, 4.69) is 29.6 Å². The van der Waals surface area contributed by atoms with Gasteiger partial charge in [-0.3, -0.25) is 9.59 Å². The lowest BCUT2D eigenvalue weighted by Gasteiger charge is -2.37. The Labute approximate surface area is 215 Å². The fourth-order valence-corrected chi connectivity index (χ4v) is 5.95. The molecule has 188 valence electrons. The predicted octanol–water partition coefficient (Wildman–Crippen LogP) is 4.99. The Morgan fingerprint density at radius 3 is 2.62 bits per heavy atom. The highest BCUT2D eigenvalue weighted by Crippen LogP contribution is 2.50. The number of nitrogens with zero attached hydrogens (tertiary/aromatic N) is 2. The molecule has 7 heteroatoms. The number of benzene rings is 3. The normalized spacial score (nSPS) is 18.8. The molecule has 1 amide bonds. The van der Waals surface area contributed by atoms with Crippen molar-refractivity contribution in [3.05, 3.63) is 94.3 Å². The first-order chi connectivity index (χ1) is 17.9. The van der Waals surface area contributed by atoms with Crippen molar-refractivity contribution < 1.29 is 19.4 Å². The molecule has 1 aliphatic heterocycles. The molecule has 3 aromatic carbocycles. The van der Waals surface area contributed by atoms with E-state index in [-0.39, 0.29) is 12.3 Å². The van der Waals surface area contributed by atoms with Crippen molar-refractivity contribution in [1.29, 1.82) is 0 Å². The van der Waals surface area contributed by atoms with Crippen molar-refractivity contribution in [1.82, 2.24) is 14.9 Å². The molecular formula is C30H29N3O4. The quantitative estimate of drug-likeness (QED) is 0.407. The first-order valence-corrected chi connectivity index (χ1v) is 12.7. The molecule has 0 saturated heterocycles. The summed E-state index contributed by atoms with van der Waals surface area (Å²) in [6, 6.07) is 18.9. The number of hydrogen-bond donors (Lipinski definition) is 2. The van der Waals surface area contributed by atoms with Crippen molar-refractivity contribution in [2.45, 2.75) is 50.7 Å². The van der Waals surface area contributed by atoms with E-state index < -0.39 is 17.6 Å². The largest absolute Gasteiger partial charge is 0.481 e. The zero-order valence-electron chi connectivity index (χ0n) is 21.0. The van der Waals surface area contributed by atoms with Crippen LogP contribution in [0.2, 0.25) is 0 Å². The third kappa shape index (κ3) is 3.86. The number of aromatic nitrogens is 2. The number of rotatable bonds is 5. The first kappa shape index (κ1) is 23.3. The molecule has 7 nitrogen and oxygen atoms in total. The monoisotopic (exact) mass is 495 g/mol. The van der Waals surface area contributed by atoms with E-state index in [4.69, 9.17) is 9.72 Å². The summed E-state index contributed by atoms with van der Waals surface area (Å²) in [5, 5.41) is 12.5. The predicted molar refractivity (Wildman–Crippen MR) is 140 cm³/mol. The SMILES string of the molecule is Cc1nc2c3c(c(C(=O)N[C@@H](CC(=O)O)c4ccccc4)cc2n1C)CCC1(CCc2ccccc21)O3. The van der Waals surface area contributed by atoms with Crippen LogP contribution in [-0.4, -0.2) is 26.5 Å². The van der Waals surface area contributed by atoms with Crippen LogP contribution in [0.25, 0.3) is 11.0 Å². The number of ether oxygens (including phenoxy) is 1. The zero-order chi connectivity index (χ0) is 25.7. The average Bonchev–Trinajstić information content (AvgIpc) is 3.40. The minimum absolute atomic E-state index is 0.207. The van der Waals surface area contributed by atoms with Crippen LogP contribution in [0.4, 0.5) is 0 Å². The molecule has 1 aromatic heterocycles. The summed E-state index contributed by atoms with van der Waals surface area (Å²) in [5.74, 6) is 0.221. The van der Waals surface area contributed by atoms with Crippen LogP contribution in [0, 0.1) is 6.92 Å². The maximum atomic E-state index is 13.8. The molecule has 1 aliphatic carbocycles. The molecule has 6 rings (SSSR count). The van der Waals surface area contributed by atoms with E-state index in [0.29, 0.717) is 17.7 Å². The average molecular weight is 496 g/mol. The lowest BCUT2D eigenvalue weighted by Crippen LogP contribution is -2.36. The van der Waals surface area contributed by atoms with Gasteiger partial charge in [-0.15, -0.1) is 0 Å². The molecule has 1 unspecified atom stereocenters. The van der Waals surface area contributed by atoms with E-state index in [1.54, 1.807) is 0 Å². The Morgan fingerprint density at radius 1 is 1.11 bits per heavy atom. The summed E-state index contributed by atoms with van der Waals surface area (Å²) in [6.07, 6.45) is 3.09. The van der Waals surface area contributed by atoms with Gasteiger partial charge in [-0.1, -0.05) is 54.6 Å². The Morgan fingerprint density at radius 2 is 1.84 bits per heavy atom. The third-order valence-electron chi connectivity index (χ3n) is 7.97. The number of nitrogens with one attached hydrogen (secondary N) is 1. The van der Waals surface area contributed by atoms with Gasteiger partial charge >= 0.3 is 5.97 Å². The molecule has 2 atom stereocenters. The van der Waals surface area contributed by atoms with Crippen LogP contribution in [0.1, 0.15) is 63.7 Å². The van der Waals surface area contributed by atoms with E-state index in [1.807, 2.05) is 54.9 Å². The highest BCUT2D eigenvalue weighted by Gasteiger charge is 2.45. The van der Waals surface area contributed by atoms with Crippen molar-refractivity contribution in [2.75, 3.05) is 0 Å². The van der Waals surface area contributed by atoms with E-state index in [0.717, 1.165) is 47.2 Å². The molecule has 2 aliphatic rings. The van der Waals surface area contributed by atoms with Crippen LogP contribution >= 0.6 is 0 Å². The molecule has 0 fully saturated rings. The minimum Gasteiger partial charge on any atom is -0.481 e. The van der Waals surface area contributed by atoms with Gasteiger partial charge in [-0.2, -0.15) is 0 Å². The number of carboxylic acid groups (broad SMARTS) is 1. The summed E-state index contributed by atoms with van der Waals surface area (Å²) in [4.78, 5) is 30.2. The van der Waals surface area contributed by atoms with E-state index in [9.17, 15) is 14.7 Å². The van der Waals surface area contributed by atoms with Gasteiger partial charge in [0.1, 0.15) is 16.9 Å². The van der Waals surface area contributed by atoms with Gasteiger partial charge < -0.3 is 19.7 Å². The van der Waals surface area contributed by atoms with E-state index in [1.165, 1.54) is 11.1 Å². The molecule has 4 aromatic rings. The van der Waals surface area contributed by atoms with Crippen LogP contribution in [0.3, 0.4) is 0 Å². The number of fused-ring (bicyclic) bond motifs is 5.